The second kappa shape index (κ2) is 5.94. The standard InChI is InChI=1S/C9H19NO3/c1-6(2)4-8(9(13)5-11)10-7(3)12/h6,8-9,11,13H,4-5H2,1-3H3,(H,10,12)/t8?,9-/m1/s1. The Kier molecular flexibility index (Phi) is 5.66. The number of hydrogen-bond donors (Lipinski definition) is 3. The first-order valence-electron chi connectivity index (χ1n) is 4.53. The molecular weight excluding hydrogens is 170 g/mol. The van der Waals surface area contributed by atoms with E-state index in [-0.39, 0.29) is 18.6 Å². The molecule has 2 atom stereocenters. The fraction of sp³-hybridized carbons (Fsp3) is 0.889. The molecule has 0 saturated heterocycles. The minimum atomic E-state index is -0.869. The highest BCUT2D eigenvalue weighted by Gasteiger charge is 2.19. The predicted molar refractivity (Wildman–Crippen MR) is 50.2 cm³/mol. The summed E-state index contributed by atoms with van der Waals surface area (Å²) in [5.41, 5.74) is 0. The molecule has 0 aliphatic heterocycles. The topological polar surface area (TPSA) is 69.6 Å². The average molecular weight is 189 g/mol. The monoisotopic (exact) mass is 189 g/mol. The van der Waals surface area contributed by atoms with Crippen molar-refractivity contribution in [2.45, 2.75) is 39.3 Å². The molecular formula is C9H19NO3. The summed E-state index contributed by atoms with van der Waals surface area (Å²) in [4.78, 5) is 10.8. The van der Waals surface area contributed by atoms with Crippen LogP contribution in [0.1, 0.15) is 27.2 Å². The van der Waals surface area contributed by atoms with Crippen molar-refractivity contribution in [3.8, 4) is 0 Å². The van der Waals surface area contributed by atoms with Crippen molar-refractivity contribution in [1.82, 2.24) is 5.32 Å². The molecule has 0 spiro atoms. The van der Waals surface area contributed by atoms with Crippen molar-refractivity contribution in [3.05, 3.63) is 0 Å². The summed E-state index contributed by atoms with van der Waals surface area (Å²) < 4.78 is 0. The Hall–Kier alpha value is -0.610. The molecule has 0 bridgehead atoms. The number of carbonyl (C=O) groups excluding carboxylic acids is 1. The summed E-state index contributed by atoms with van der Waals surface area (Å²) in [7, 11) is 0. The van der Waals surface area contributed by atoms with E-state index in [0.29, 0.717) is 12.3 Å². The van der Waals surface area contributed by atoms with Gasteiger partial charge < -0.3 is 15.5 Å². The first-order valence-corrected chi connectivity index (χ1v) is 4.53. The van der Waals surface area contributed by atoms with E-state index in [4.69, 9.17) is 5.11 Å². The van der Waals surface area contributed by atoms with Crippen LogP contribution in [0.3, 0.4) is 0 Å². The van der Waals surface area contributed by atoms with Gasteiger partial charge in [0, 0.05) is 6.92 Å². The zero-order valence-corrected chi connectivity index (χ0v) is 8.45. The number of carbonyl (C=O) groups is 1. The maximum Gasteiger partial charge on any atom is 0.217 e. The van der Waals surface area contributed by atoms with Crippen molar-refractivity contribution in [2.24, 2.45) is 5.92 Å². The second-order valence-electron chi connectivity index (χ2n) is 3.69. The van der Waals surface area contributed by atoms with Crippen LogP contribution in [0.15, 0.2) is 0 Å². The van der Waals surface area contributed by atoms with E-state index in [0.717, 1.165) is 0 Å². The Balaban J connectivity index is 4.10. The molecule has 3 N–H and O–H groups in total. The molecule has 1 amide bonds. The number of rotatable bonds is 5. The van der Waals surface area contributed by atoms with Gasteiger partial charge in [-0.3, -0.25) is 4.79 Å². The van der Waals surface area contributed by atoms with Crippen LogP contribution in [-0.4, -0.2) is 34.9 Å². The Labute approximate surface area is 79.0 Å². The van der Waals surface area contributed by atoms with Crippen molar-refractivity contribution < 1.29 is 15.0 Å². The zero-order chi connectivity index (χ0) is 10.4. The van der Waals surface area contributed by atoms with Gasteiger partial charge in [0.25, 0.3) is 0 Å². The lowest BCUT2D eigenvalue weighted by atomic mass is 9.99. The number of hydrogen-bond acceptors (Lipinski definition) is 3. The van der Waals surface area contributed by atoms with Crippen LogP contribution in [0.25, 0.3) is 0 Å². The average Bonchev–Trinajstić information content (AvgIpc) is 2.00. The Morgan fingerprint density at radius 1 is 1.46 bits per heavy atom. The molecule has 1 unspecified atom stereocenters. The maximum atomic E-state index is 10.8. The fourth-order valence-electron chi connectivity index (χ4n) is 1.21. The van der Waals surface area contributed by atoms with E-state index in [1.165, 1.54) is 6.92 Å². The Bertz CT molecular complexity index is 159. The minimum Gasteiger partial charge on any atom is -0.394 e. The van der Waals surface area contributed by atoms with Crippen molar-refractivity contribution in [2.75, 3.05) is 6.61 Å². The summed E-state index contributed by atoms with van der Waals surface area (Å²) in [5.74, 6) is 0.191. The summed E-state index contributed by atoms with van der Waals surface area (Å²) in [6, 6.07) is -0.345. The minimum absolute atomic E-state index is 0.182. The maximum absolute atomic E-state index is 10.8. The summed E-state index contributed by atoms with van der Waals surface area (Å²) >= 11 is 0. The van der Waals surface area contributed by atoms with Gasteiger partial charge in [-0.05, 0) is 12.3 Å². The third-order valence-electron chi connectivity index (χ3n) is 1.77. The molecule has 13 heavy (non-hydrogen) atoms. The highest BCUT2D eigenvalue weighted by molar-refractivity contribution is 5.73. The van der Waals surface area contributed by atoms with E-state index in [1.54, 1.807) is 0 Å². The third kappa shape index (κ3) is 5.60. The van der Waals surface area contributed by atoms with Gasteiger partial charge in [0.15, 0.2) is 0 Å². The zero-order valence-electron chi connectivity index (χ0n) is 8.45. The third-order valence-corrected chi connectivity index (χ3v) is 1.77. The Morgan fingerprint density at radius 3 is 2.31 bits per heavy atom. The normalized spacial score (nSPS) is 15.5. The summed E-state index contributed by atoms with van der Waals surface area (Å²) in [6.45, 7) is 5.08. The van der Waals surface area contributed by atoms with Gasteiger partial charge in [-0.1, -0.05) is 13.8 Å². The number of aliphatic hydroxyl groups excluding tert-OH is 2. The molecule has 0 fully saturated rings. The van der Waals surface area contributed by atoms with Crippen LogP contribution in [0.4, 0.5) is 0 Å². The first kappa shape index (κ1) is 12.4. The smallest absolute Gasteiger partial charge is 0.217 e. The molecule has 0 aliphatic carbocycles. The molecule has 78 valence electrons. The highest BCUT2D eigenvalue weighted by Crippen LogP contribution is 2.08. The molecule has 0 aromatic rings. The number of amides is 1. The lowest BCUT2D eigenvalue weighted by molar-refractivity contribution is -0.120. The molecule has 0 aromatic carbocycles. The van der Waals surface area contributed by atoms with Gasteiger partial charge in [-0.25, -0.2) is 0 Å². The fourth-order valence-corrected chi connectivity index (χ4v) is 1.21. The van der Waals surface area contributed by atoms with Crippen molar-refractivity contribution >= 4 is 5.91 Å². The molecule has 0 radical (unpaired) electrons. The van der Waals surface area contributed by atoms with Crippen LogP contribution >= 0.6 is 0 Å². The first-order chi connectivity index (χ1) is 5.97. The summed E-state index contributed by atoms with van der Waals surface area (Å²) in [6.07, 6.45) is -0.201. The van der Waals surface area contributed by atoms with Crippen molar-refractivity contribution in [3.63, 3.8) is 0 Å². The van der Waals surface area contributed by atoms with Gasteiger partial charge in [0.05, 0.1) is 18.8 Å². The van der Waals surface area contributed by atoms with Crippen LogP contribution < -0.4 is 5.32 Å². The van der Waals surface area contributed by atoms with Gasteiger partial charge in [0.2, 0.25) is 5.91 Å². The van der Waals surface area contributed by atoms with Crippen LogP contribution in [0, 0.1) is 5.92 Å². The molecule has 0 rings (SSSR count). The molecule has 4 heteroatoms. The lowest BCUT2D eigenvalue weighted by Gasteiger charge is -2.23. The molecule has 0 heterocycles. The Morgan fingerprint density at radius 2 is 2.00 bits per heavy atom. The van der Waals surface area contributed by atoms with Crippen LogP contribution in [-0.2, 0) is 4.79 Å². The van der Waals surface area contributed by atoms with E-state index in [1.807, 2.05) is 13.8 Å². The molecule has 0 aliphatic rings. The molecule has 0 saturated carbocycles. The van der Waals surface area contributed by atoms with E-state index in [2.05, 4.69) is 5.32 Å². The SMILES string of the molecule is CC(=O)NC(CC(C)C)[C@H](O)CO. The summed E-state index contributed by atoms with van der Waals surface area (Å²) in [5, 5.41) is 20.7. The largest absolute Gasteiger partial charge is 0.394 e. The highest BCUT2D eigenvalue weighted by atomic mass is 16.3. The van der Waals surface area contributed by atoms with E-state index in [9.17, 15) is 9.90 Å². The molecule has 4 nitrogen and oxygen atoms in total. The van der Waals surface area contributed by atoms with Gasteiger partial charge >= 0.3 is 0 Å². The van der Waals surface area contributed by atoms with Crippen LogP contribution in [0.5, 0.6) is 0 Å². The number of aliphatic hydroxyl groups is 2. The quantitative estimate of drug-likeness (QED) is 0.565. The van der Waals surface area contributed by atoms with Gasteiger partial charge in [-0.2, -0.15) is 0 Å². The van der Waals surface area contributed by atoms with Crippen molar-refractivity contribution in [1.29, 1.82) is 0 Å². The van der Waals surface area contributed by atoms with E-state index >= 15 is 0 Å². The number of nitrogens with one attached hydrogen (secondary N) is 1. The van der Waals surface area contributed by atoms with Gasteiger partial charge in [0.1, 0.15) is 0 Å². The molecule has 0 aromatic heterocycles. The second-order valence-corrected chi connectivity index (χ2v) is 3.69. The van der Waals surface area contributed by atoms with E-state index < -0.39 is 6.10 Å². The van der Waals surface area contributed by atoms with Gasteiger partial charge in [-0.15, -0.1) is 0 Å². The van der Waals surface area contributed by atoms with Crippen LogP contribution in [0.2, 0.25) is 0 Å². The lowest BCUT2D eigenvalue weighted by Crippen LogP contribution is -2.44. The predicted octanol–water partition coefficient (Wildman–Crippen LogP) is -0.110.